The molecule has 0 aliphatic carbocycles. The molecule has 0 bridgehead atoms. The van der Waals surface area contributed by atoms with Gasteiger partial charge < -0.3 is 5.32 Å². The lowest BCUT2D eigenvalue weighted by atomic mass is 10.3. The van der Waals surface area contributed by atoms with Crippen molar-refractivity contribution in [2.24, 2.45) is 0 Å². The third kappa shape index (κ3) is 4.56. The van der Waals surface area contributed by atoms with Crippen LogP contribution in [0.25, 0.3) is 0 Å². The fraction of sp³-hybridized carbons (Fsp3) is 0.750. The molecule has 10 heteroatoms. The molecule has 1 N–H and O–H groups in total. The lowest BCUT2D eigenvalue weighted by Gasteiger charge is -2.32. The topological polar surface area (TPSA) is 70.5 Å². The molecule has 128 valence electrons. The Morgan fingerprint density at radius 1 is 1.18 bits per heavy atom. The molecule has 1 aromatic rings. The van der Waals surface area contributed by atoms with Crippen LogP contribution in [0, 0.1) is 0 Å². The van der Waals surface area contributed by atoms with E-state index in [1.54, 1.807) is 4.31 Å². The fourth-order valence-corrected chi connectivity index (χ4v) is 3.60. The van der Waals surface area contributed by atoms with Crippen molar-refractivity contribution in [2.45, 2.75) is 19.6 Å². The molecular formula is C12H23Cl2N5O2S. The number of hydrogen-bond donors (Lipinski definition) is 1. The van der Waals surface area contributed by atoms with E-state index in [0.29, 0.717) is 13.1 Å². The van der Waals surface area contributed by atoms with E-state index < -0.39 is 10.0 Å². The Balaban J connectivity index is 0.00000121. The number of nitrogens with one attached hydrogen (secondary N) is 1. The number of sulfonamides is 1. The van der Waals surface area contributed by atoms with E-state index in [-0.39, 0.29) is 24.8 Å². The Labute approximate surface area is 143 Å². The van der Waals surface area contributed by atoms with Crippen LogP contribution in [-0.4, -0.2) is 66.4 Å². The maximum atomic E-state index is 11.5. The van der Waals surface area contributed by atoms with E-state index in [0.717, 1.165) is 45.0 Å². The molecule has 0 unspecified atom stereocenters. The molecule has 2 aliphatic heterocycles. The number of hydrogen-bond acceptors (Lipinski definition) is 5. The molecule has 3 rings (SSSR count). The summed E-state index contributed by atoms with van der Waals surface area (Å²) in [6, 6.07) is 2.15. The maximum Gasteiger partial charge on any atom is 0.211 e. The van der Waals surface area contributed by atoms with E-state index in [4.69, 9.17) is 0 Å². The molecule has 0 amide bonds. The number of fused-ring (bicyclic) bond motifs is 1. The van der Waals surface area contributed by atoms with Crippen molar-refractivity contribution in [1.29, 1.82) is 0 Å². The smallest absolute Gasteiger partial charge is 0.211 e. The summed E-state index contributed by atoms with van der Waals surface area (Å²) in [5.74, 6) is 0. The van der Waals surface area contributed by atoms with Crippen molar-refractivity contribution in [1.82, 2.24) is 24.3 Å². The van der Waals surface area contributed by atoms with Gasteiger partial charge in [-0.1, -0.05) is 0 Å². The van der Waals surface area contributed by atoms with Gasteiger partial charge in [0.1, 0.15) is 0 Å². The SMILES string of the molecule is CS(=O)(=O)N1CCN(Cc2cc3n(n2)CCNC3)CC1.Cl.Cl. The van der Waals surface area contributed by atoms with Gasteiger partial charge >= 0.3 is 0 Å². The first-order chi connectivity index (χ1) is 9.52. The first-order valence-corrected chi connectivity index (χ1v) is 8.81. The quantitative estimate of drug-likeness (QED) is 0.803. The molecule has 0 spiro atoms. The highest BCUT2D eigenvalue weighted by Crippen LogP contribution is 2.12. The summed E-state index contributed by atoms with van der Waals surface area (Å²) in [5.41, 5.74) is 2.32. The Hall–Kier alpha value is -0.380. The standard InChI is InChI=1S/C12H21N5O2S.2ClH/c1-20(18,19)16-6-4-15(5-7-16)10-11-8-12-9-13-2-3-17(12)14-11;;/h8,13H,2-7,9-10H2,1H3;2*1H. The predicted molar refractivity (Wildman–Crippen MR) is 90.1 cm³/mol. The zero-order valence-corrected chi connectivity index (χ0v) is 15.0. The molecule has 22 heavy (non-hydrogen) atoms. The van der Waals surface area contributed by atoms with Crippen LogP contribution in [0.2, 0.25) is 0 Å². The van der Waals surface area contributed by atoms with E-state index in [1.807, 2.05) is 0 Å². The molecule has 1 saturated heterocycles. The van der Waals surface area contributed by atoms with Crippen LogP contribution in [0.3, 0.4) is 0 Å². The van der Waals surface area contributed by atoms with E-state index >= 15 is 0 Å². The van der Waals surface area contributed by atoms with Gasteiger partial charge in [-0.25, -0.2) is 8.42 Å². The van der Waals surface area contributed by atoms with Crippen molar-refractivity contribution >= 4 is 34.8 Å². The highest BCUT2D eigenvalue weighted by molar-refractivity contribution is 7.88. The second kappa shape index (κ2) is 7.94. The summed E-state index contributed by atoms with van der Waals surface area (Å²) >= 11 is 0. The summed E-state index contributed by atoms with van der Waals surface area (Å²) in [4.78, 5) is 2.27. The van der Waals surface area contributed by atoms with Gasteiger partial charge in [0.25, 0.3) is 0 Å². The largest absolute Gasteiger partial charge is 0.309 e. The molecule has 2 aliphatic rings. The van der Waals surface area contributed by atoms with Crippen molar-refractivity contribution in [2.75, 3.05) is 39.0 Å². The Morgan fingerprint density at radius 3 is 2.45 bits per heavy atom. The van der Waals surface area contributed by atoms with Crippen LogP contribution in [0.15, 0.2) is 6.07 Å². The average molecular weight is 372 g/mol. The van der Waals surface area contributed by atoms with Crippen LogP contribution in [0.5, 0.6) is 0 Å². The molecule has 3 heterocycles. The van der Waals surface area contributed by atoms with E-state index in [1.165, 1.54) is 11.9 Å². The minimum Gasteiger partial charge on any atom is -0.309 e. The second-order valence-electron chi connectivity index (χ2n) is 5.47. The first-order valence-electron chi connectivity index (χ1n) is 6.96. The van der Waals surface area contributed by atoms with Crippen molar-refractivity contribution in [3.8, 4) is 0 Å². The highest BCUT2D eigenvalue weighted by atomic mass is 35.5. The minimum atomic E-state index is -3.05. The zero-order valence-electron chi connectivity index (χ0n) is 12.6. The van der Waals surface area contributed by atoms with Crippen molar-refractivity contribution in [3.63, 3.8) is 0 Å². The summed E-state index contributed by atoms with van der Waals surface area (Å²) in [7, 11) is -3.05. The number of piperazine rings is 1. The fourth-order valence-electron chi connectivity index (χ4n) is 2.78. The van der Waals surface area contributed by atoms with Crippen LogP contribution in [0.1, 0.15) is 11.4 Å². The van der Waals surface area contributed by atoms with Crippen molar-refractivity contribution < 1.29 is 8.42 Å². The number of aromatic nitrogens is 2. The predicted octanol–water partition coefficient (Wildman–Crippen LogP) is -0.0929. The van der Waals surface area contributed by atoms with Crippen molar-refractivity contribution in [3.05, 3.63) is 17.5 Å². The highest BCUT2D eigenvalue weighted by Gasteiger charge is 2.24. The average Bonchev–Trinajstić information content (AvgIpc) is 2.80. The van der Waals surface area contributed by atoms with E-state index in [2.05, 4.69) is 26.1 Å². The van der Waals surface area contributed by atoms with Crippen LogP contribution in [0.4, 0.5) is 0 Å². The molecule has 0 atom stereocenters. The van der Waals surface area contributed by atoms with Gasteiger partial charge in [0.15, 0.2) is 0 Å². The molecule has 0 saturated carbocycles. The van der Waals surface area contributed by atoms with Gasteiger partial charge in [0.2, 0.25) is 10.0 Å². The third-order valence-corrected chi connectivity index (χ3v) is 5.21. The lowest BCUT2D eigenvalue weighted by Crippen LogP contribution is -2.47. The Kier molecular flexibility index (Phi) is 7.10. The summed E-state index contributed by atoms with van der Waals surface area (Å²) in [6.07, 6.45) is 1.28. The maximum absolute atomic E-state index is 11.5. The van der Waals surface area contributed by atoms with Gasteiger partial charge in [-0.2, -0.15) is 9.40 Å². The summed E-state index contributed by atoms with van der Waals surface area (Å²) in [5, 5.41) is 7.95. The molecule has 0 aromatic carbocycles. The van der Waals surface area contributed by atoms with E-state index in [9.17, 15) is 8.42 Å². The molecule has 0 radical (unpaired) electrons. The lowest BCUT2D eigenvalue weighted by molar-refractivity contribution is 0.180. The third-order valence-electron chi connectivity index (χ3n) is 3.91. The first kappa shape index (κ1) is 19.7. The van der Waals surface area contributed by atoms with Gasteiger partial charge in [0, 0.05) is 45.8 Å². The van der Waals surface area contributed by atoms with Crippen LogP contribution in [-0.2, 0) is 29.7 Å². The number of rotatable bonds is 3. The minimum absolute atomic E-state index is 0. The zero-order chi connectivity index (χ0) is 14.2. The second-order valence-corrected chi connectivity index (χ2v) is 7.45. The Morgan fingerprint density at radius 2 is 1.86 bits per heavy atom. The molecule has 1 aromatic heterocycles. The number of nitrogens with zero attached hydrogens (tertiary/aromatic N) is 4. The van der Waals surface area contributed by atoms with Gasteiger partial charge in [0.05, 0.1) is 24.2 Å². The normalized spacial score (nSPS) is 19.9. The van der Waals surface area contributed by atoms with Gasteiger partial charge in [-0.3, -0.25) is 9.58 Å². The summed E-state index contributed by atoms with van der Waals surface area (Å²) in [6.45, 7) is 6.29. The van der Waals surface area contributed by atoms with Crippen LogP contribution >= 0.6 is 24.8 Å². The Bertz CT molecular complexity index is 561. The van der Waals surface area contributed by atoms with Gasteiger partial charge in [-0.05, 0) is 6.07 Å². The monoisotopic (exact) mass is 371 g/mol. The van der Waals surface area contributed by atoms with Gasteiger partial charge in [-0.15, -0.1) is 24.8 Å². The summed E-state index contributed by atoms with van der Waals surface area (Å²) < 4.78 is 26.6. The molecule has 7 nitrogen and oxygen atoms in total. The molecular weight excluding hydrogens is 349 g/mol. The van der Waals surface area contributed by atoms with Crippen LogP contribution < -0.4 is 5.32 Å². The molecule has 1 fully saturated rings. The number of halogens is 2.